The first kappa shape index (κ1) is 19.1. The Balaban J connectivity index is 1.26. The molecule has 0 unspecified atom stereocenters. The van der Waals surface area contributed by atoms with Crippen LogP contribution in [-0.4, -0.2) is 65.5 Å². The number of carbonyl (C=O) groups is 1. The molecule has 2 N–H and O–H groups in total. The maximum atomic E-state index is 13.1. The molecule has 29 heavy (non-hydrogen) atoms. The standard InChI is InChI=1S/C21H23FN6O/c22-17-8-6-16(7-9-17)19-20(25-26-24-19)21(29)23-10-11-27-12-14-28(15-13-27)18-4-2-1-3-5-18/h1-9H,10-15H2,(H,23,29)(H,24,25,26). The fourth-order valence-corrected chi connectivity index (χ4v) is 3.48. The van der Waals surface area contributed by atoms with Gasteiger partial charge >= 0.3 is 0 Å². The van der Waals surface area contributed by atoms with Crippen molar-refractivity contribution >= 4 is 11.6 Å². The second kappa shape index (κ2) is 8.83. The number of rotatable bonds is 6. The van der Waals surface area contributed by atoms with Crippen molar-refractivity contribution in [2.75, 3.05) is 44.2 Å². The van der Waals surface area contributed by atoms with Gasteiger partial charge in [0.05, 0.1) is 0 Å². The number of hydrogen-bond acceptors (Lipinski definition) is 5. The third kappa shape index (κ3) is 4.60. The topological polar surface area (TPSA) is 77.2 Å². The molecular weight excluding hydrogens is 371 g/mol. The minimum Gasteiger partial charge on any atom is -0.369 e. The third-order valence-corrected chi connectivity index (χ3v) is 5.09. The molecule has 1 aliphatic rings. The molecule has 2 heterocycles. The molecule has 3 aromatic rings. The average Bonchev–Trinajstić information content (AvgIpc) is 3.25. The number of aromatic amines is 1. The van der Waals surface area contributed by atoms with E-state index in [9.17, 15) is 9.18 Å². The summed E-state index contributed by atoms with van der Waals surface area (Å²) in [5.74, 6) is -0.628. The van der Waals surface area contributed by atoms with Crippen molar-refractivity contribution in [2.45, 2.75) is 0 Å². The highest BCUT2D eigenvalue weighted by molar-refractivity contribution is 5.97. The lowest BCUT2D eigenvalue weighted by Crippen LogP contribution is -2.48. The molecule has 2 aromatic carbocycles. The van der Waals surface area contributed by atoms with Gasteiger partial charge in [0.2, 0.25) is 0 Å². The van der Waals surface area contributed by atoms with Gasteiger partial charge in [-0.3, -0.25) is 9.69 Å². The number of hydrogen-bond donors (Lipinski definition) is 2. The number of nitrogens with one attached hydrogen (secondary N) is 2. The van der Waals surface area contributed by atoms with Crippen LogP contribution in [-0.2, 0) is 0 Å². The minimum absolute atomic E-state index is 0.213. The van der Waals surface area contributed by atoms with Gasteiger partial charge in [-0.05, 0) is 36.4 Å². The highest BCUT2D eigenvalue weighted by Gasteiger charge is 2.19. The molecule has 0 spiro atoms. The lowest BCUT2D eigenvalue weighted by atomic mass is 10.1. The highest BCUT2D eigenvalue weighted by Crippen LogP contribution is 2.20. The molecule has 1 fully saturated rings. The van der Waals surface area contributed by atoms with E-state index in [1.54, 1.807) is 12.1 Å². The lowest BCUT2D eigenvalue weighted by Gasteiger charge is -2.36. The van der Waals surface area contributed by atoms with Crippen LogP contribution in [0.4, 0.5) is 10.1 Å². The zero-order chi connectivity index (χ0) is 20.1. The van der Waals surface area contributed by atoms with E-state index >= 15 is 0 Å². The number of aromatic nitrogens is 3. The van der Waals surface area contributed by atoms with Gasteiger partial charge < -0.3 is 10.2 Å². The number of para-hydroxylation sites is 1. The molecular formula is C21H23FN6O. The van der Waals surface area contributed by atoms with Crippen LogP contribution in [0.2, 0.25) is 0 Å². The summed E-state index contributed by atoms with van der Waals surface area (Å²) in [6, 6.07) is 16.2. The maximum Gasteiger partial charge on any atom is 0.274 e. The van der Waals surface area contributed by atoms with Gasteiger partial charge in [0.25, 0.3) is 5.91 Å². The van der Waals surface area contributed by atoms with Crippen LogP contribution in [0.3, 0.4) is 0 Å². The Morgan fingerprint density at radius 1 is 1.00 bits per heavy atom. The van der Waals surface area contributed by atoms with E-state index in [-0.39, 0.29) is 17.4 Å². The molecule has 0 radical (unpaired) electrons. The van der Waals surface area contributed by atoms with Gasteiger partial charge in [-0.15, -0.1) is 0 Å². The first-order chi connectivity index (χ1) is 14.2. The van der Waals surface area contributed by atoms with Crippen LogP contribution < -0.4 is 10.2 Å². The van der Waals surface area contributed by atoms with Crippen molar-refractivity contribution in [2.24, 2.45) is 0 Å². The molecule has 1 amide bonds. The molecule has 0 bridgehead atoms. The van der Waals surface area contributed by atoms with Gasteiger partial charge in [-0.2, -0.15) is 15.4 Å². The van der Waals surface area contributed by atoms with E-state index in [0.717, 1.165) is 32.7 Å². The van der Waals surface area contributed by atoms with Crippen molar-refractivity contribution in [1.29, 1.82) is 0 Å². The van der Waals surface area contributed by atoms with Crippen LogP contribution >= 0.6 is 0 Å². The number of nitrogens with zero attached hydrogens (tertiary/aromatic N) is 4. The third-order valence-electron chi connectivity index (χ3n) is 5.09. The second-order valence-corrected chi connectivity index (χ2v) is 6.95. The van der Waals surface area contributed by atoms with Crippen LogP contribution in [0.15, 0.2) is 54.6 Å². The Labute approximate surface area is 168 Å². The molecule has 0 atom stereocenters. The molecule has 8 heteroatoms. The Bertz CT molecular complexity index is 935. The normalized spacial score (nSPS) is 14.7. The van der Waals surface area contributed by atoms with Crippen LogP contribution in [0.25, 0.3) is 11.3 Å². The first-order valence-electron chi connectivity index (χ1n) is 9.68. The fraction of sp³-hybridized carbons (Fsp3) is 0.286. The predicted molar refractivity (Wildman–Crippen MR) is 109 cm³/mol. The summed E-state index contributed by atoms with van der Waals surface area (Å²) < 4.78 is 13.1. The van der Waals surface area contributed by atoms with Crippen molar-refractivity contribution < 1.29 is 9.18 Å². The zero-order valence-corrected chi connectivity index (χ0v) is 16.0. The summed E-state index contributed by atoms with van der Waals surface area (Å²) in [5.41, 5.74) is 2.52. The Hall–Kier alpha value is -3.26. The number of halogens is 1. The fourth-order valence-electron chi connectivity index (χ4n) is 3.48. The van der Waals surface area contributed by atoms with Crippen LogP contribution in [0.1, 0.15) is 10.5 Å². The molecule has 1 aromatic heterocycles. The largest absolute Gasteiger partial charge is 0.369 e. The number of H-pyrrole nitrogens is 1. The van der Waals surface area contributed by atoms with Gasteiger partial charge in [0, 0.05) is 50.5 Å². The number of piperazine rings is 1. The molecule has 7 nitrogen and oxygen atoms in total. The van der Waals surface area contributed by atoms with Gasteiger partial charge in [0.15, 0.2) is 5.69 Å². The second-order valence-electron chi connectivity index (χ2n) is 6.95. The minimum atomic E-state index is -0.337. The Morgan fingerprint density at radius 3 is 2.45 bits per heavy atom. The summed E-state index contributed by atoms with van der Waals surface area (Å²) in [5, 5.41) is 13.4. The van der Waals surface area contributed by atoms with Crippen molar-refractivity contribution in [3.05, 3.63) is 66.1 Å². The molecule has 4 rings (SSSR count). The summed E-state index contributed by atoms with van der Waals surface area (Å²) in [7, 11) is 0. The number of carbonyl (C=O) groups excluding carboxylic acids is 1. The maximum absolute atomic E-state index is 13.1. The van der Waals surface area contributed by atoms with E-state index < -0.39 is 0 Å². The van der Waals surface area contributed by atoms with E-state index in [1.165, 1.54) is 17.8 Å². The number of anilines is 1. The molecule has 1 aliphatic heterocycles. The molecule has 150 valence electrons. The van der Waals surface area contributed by atoms with Gasteiger partial charge in [-0.1, -0.05) is 18.2 Å². The van der Waals surface area contributed by atoms with Crippen LogP contribution in [0.5, 0.6) is 0 Å². The number of amides is 1. The smallest absolute Gasteiger partial charge is 0.274 e. The SMILES string of the molecule is O=C(NCCN1CCN(c2ccccc2)CC1)c1n[nH]nc1-c1ccc(F)cc1. The average molecular weight is 394 g/mol. The van der Waals surface area contributed by atoms with Crippen molar-refractivity contribution in [1.82, 2.24) is 25.6 Å². The van der Waals surface area contributed by atoms with Gasteiger partial charge in [0.1, 0.15) is 11.5 Å². The van der Waals surface area contributed by atoms with E-state index in [0.29, 0.717) is 17.8 Å². The molecule has 1 saturated heterocycles. The van der Waals surface area contributed by atoms with E-state index in [4.69, 9.17) is 0 Å². The quantitative estimate of drug-likeness (QED) is 0.670. The van der Waals surface area contributed by atoms with E-state index in [2.05, 4.69) is 54.8 Å². The summed E-state index contributed by atoms with van der Waals surface area (Å²) in [6.07, 6.45) is 0. The van der Waals surface area contributed by atoms with E-state index in [1.807, 2.05) is 6.07 Å². The molecule has 0 saturated carbocycles. The van der Waals surface area contributed by atoms with Crippen molar-refractivity contribution in [3.8, 4) is 11.3 Å². The summed E-state index contributed by atoms with van der Waals surface area (Å²) in [4.78, 5) is 17.2. The first-order valence-corrected chi connectivity index (χ1v) is 9.68. The predicted octanol–water partition coefficient (Wildman–Crippen LogP) is 2.16. The van der Waals surface area contributed by atoms with Gasteiger partial charge in [-0.25, -0.2) is 4.39 Å². The number of benzene rings is 2. The molecule has 0 aliphatic carbocycles. The Kier molecular flexibility index (Phi) is 5.81. The lowest BCUT2D eigenvalue weighted by molar-refractivity contribution is 0.0943. The highest BCUT2D eigenvalue weighted by atomic mass is 19.1. The zero-order valence-electron chi connectivity index (χ0n) is 16.0. The summed E-state index contributed by atoms with van der Waals surface area (Å²) >= 11 is 0. The van der Waals surface area contributed by atoms with Crippen LogP contribution in [0, 0.1) is 5.82 Å². The Morgan fingerprint density at radius 2 is 1.72 bits per heavy atom. The monoisotopic (exact) mass is 394 g/mol. The van der Waals surface area contributed by atoms with Crippen molar-refractivity contribution in [3.63, 3.8) is 0 Å². The summed E-state index contributed by atoms with van der Waals surface area (Å²) in [6.45, 7) is 5.15.